The van der Waals surface area contributed by atoms with Gasteiger partial charge in [0, 0.05) is 36.3 Å². The summed E-state index contributed by atoms with van der Waals surface area (Å²) in [6.07, 6.45) is -9.80. The number of alkyl halides is 6. The molecule has 1 aromatic heterocycles. The van der Waals surface area contributed by atoms with Crippen LogP contribution in [0.3, 0.4) is 0 Å². The smallest absolute Gasteiger partial charge is 0.416 e. The van der Waals surface area contributed by atoms with Crippen molar-refractivity contribution in [3.8, 4) is 11.5 Å². The molecule has 0 aliphatic carbocycles. The maximum absolute atomic E-state index is 13.6. The van der Waals surface area contributed by atoms with E-state index in [1.54, 1.807) is 30.3 Å². The summed E-state index contributed by atoms with van der Waals surface area (Å²) in [6.45, 7) is -0.0858. The maximum Gasteiger partial charge on any atom is 0.416 e. The van der Waals surface area contributed by atoms with E-state index in [4.69, 9.17) is 13.9 Å². The summed E-state index contributed by atoms with van der Waals surface area (Å²) < 4.78 is 97.3. The molecule has 3 aromatic carbocycles. The van der Waals surface area contributed by atoms with Gasteiger partial charge in [-0.2, -0.15) is 26.3 Å². The number of halogens is 6. The van der Waals surface area contributed by atoms with Crippen molar-refractivity contribution in [2.24, 2.45) is 0 Å². The normalized spacial score (nSPS) is 17.0. The van der Waals surface area contributed by atoms with Crippen LogP contribution in [0.15, 0.2) is 75.9 Å². The Morgan fingerprint density at radius 1 is 0.894 bits per heavy atom. The van der Waals surface area contributed by atoms with Crippen LogP contribution in [-0.2, 0) is 18.8 Å². The van der Waals surface area contributed by atoms with Crippen molar-refractivity contribution in [2.75, 3.05) is 20.8 Å². The molecule has 1 N–H and O–H groups in total. The van der Waals surface area contributed by atoms with Crippen LogP contribution in [0.2, 0.25) is 0 Å². The number of nitrogens with one attached hydrogen (secondary N) is 1. The van der Waals surface area contributed by atoms with E-state index in [0.29, 0.717) is 12.1 Å². The lowest BCUT2D eigenvalue weighted by molar-refractivity contribution is -0.143. The van der Waals surface area contributed by atoms with Crippen molar-refractivity contribution in [3.05, 3.63) is 105 Å². The van der Waals surface area contributed by atoms with Gasteiger partial charge in [0.15, 0.2) is 22.7 Å². The van der Waals surface area contributed by atoms with Gasteiger partial charge in [0.05, 0.1) is 30.7 Å². The number of carbonyl (C=O) groups excluding carboxylic acids is 2. The van der Waals surface area contributed by atoms with E-state index < -0.39 is 58.4 Å². The van der Waals surface area contributed by atoms with E-state index in [-0.39, 0.29) is 60.1 Å². The van der Waals surface area contributed by atoms with Crippen molar-refractivity contribution >= 4 is 22.8 Å². The molecule has 8 nitrogen and oxygen atoms in total. The van der Waals surface area contributed by atoms with Crippen LogP contribution in [0.25, 0.3) is 11.0 Å². The minimum atomic E-state index is -5.12. The number of rotatable bonds is 7. The maximum atomic E-state index is 13.6. The Morgan fingerprint density at radius 2 is 1.51 bits per heavy atom. The van der Waals surface area contributed by atoms with E-state index in [0.717, 1.165) is 11.6 Å². The molecule has 1 aliphatic rings. The Morgan fingerprint density at radius 3 is 2.11 bits per heavy atom. The highest BCUT2D eigenvalue weighted by Crippen LogP contribution is 2.37. The molecule has 2 heterocycles. The number of methoxy groups -OCH3 is 2. The largest absolute Gasteiger partial charge is 0.493 e. The first-order valence-corrected chi connectivity index (χ1v) is 14.3. The molecule has 0 bridgehead atoms. The second-order valence-electron chi connectivity index (χ2n) is 11.0. The molecule has 1 saturated heterocycles. The van der Waals surface area contributed by atoms with Crippen LogP contribution in [0.1, 0.15) is 50.4 Å². The Kier molecular flexibility index (Phi) is 9.23. The number of hydrogen-bond acceptors (Lipinski definition) is 6. The number of carbonyl (C=O) groups is 2. The van der Waals surface area contributed by atoms with Gasteiger partial charge >= 0.3 is 12.4 Å². The number of nitrogens with zero attached hydrogens (tertiary/aromatic N) is 1. The molecule has 5 rings (SSSR count). The predicted molar refractivity (Wildman–Crippen MR) is 157 cm³/mol. The van der Waals surface area contributed by atoms with E-state index in [9.17, 15) is 40.7 Å². The molecule has 0 saturated carbocycles. The molecule has 0 spiro atoms. The Hall–Kier alpha value is -5.01. The zero-order valence-corrected chi connectivity index (χ0v) is 25.0. The third-order valence-electron chi connectivity index (χ3n) is 7.92. The fourth-order valence-electron chi connectivity index (χ4n) is 5.62. The lowest BCUT2D eigenvalue weighted by Gasteiger charge is -2.40. The highest BCUT2D eigenvalue weighted by atomic mass is 19.4. The number of ether oxygens (including phenoxy) is 2. The van der Waals surface area contributed by atoms with Gasteiger partial charge in [0.1, 0.15) is 5.58 Å². The fraction of sp³-hybridized carbons (Fsp3) is 0.303. The van der Waals surface area contributed by atoms with Gasteiger partial charge in [-0.05, 0) is 49.1 Å². The average Bonchev–Trinajstić information content (AvgIpc) is 3.03. The van der Waals surface area contributed by atoms with Gasteiger partial charge in [0.25, 0.3) is 11.8 Å². The third kappa shape index (κ3) is 7.36. The van der Waals surface area contributed by atoms with Crippen LogP contribution in [-0.4, -0.2) is 49.6 Å². The van der Waals surface area contributed by atoms with E-state index >= 15 is 0 Å². The van der Waals surface area contributed by atoms with Gasteiger partial charge in [-0.1, -0.05) is 30.3 Å². The Balaban J connectivity index is 1.42. The number of likely N-dealkylation sites (tertiary alicyclic amines) is 1. The summed E-state index contributed by atoms with van der Waals surface area (Å²) >= 11 is 0. The van der Waals surface area contributed by atoms with Crippen molar-refractivity contribution in [3.63, 3.8) is 0 Å². The molecule has 47 heavy (non-hydrogen) atoms. The number of amides is 2. The van der Waals surface area contributed by atoms with Crippen LogP contribution in [0.4, 0.5) is 26.3 Å². The van der Waals surface area contributed by atoms with Gasteiger partial charge in [-0.15, -0.1) is 0 Å². The second kappa shape index (κ2) is 13.0. The van der Waals surface area contributed by atoms with Crippen LogP contribution >= 0.6 is 0 Å². The molecular weight excluding hydrogens is 634 g/mol. The number of fused-ring (bicyclic) bond motifs is 1. The summed E-state index contributed by atoms with van der Waals surface area (Å²) in [5.41, 5.74) is -3.62. The van der Waals surface area contributed by atoms with Crippen LogP contribution < -0.4 is 20.2 Å². The van der Waals surface area contributed by atoms with Crippen LogP contribution in [0.5, 0.6) is 11.5 Å². The Bertz CT molecular complexity index is 1820. The second-order valence-corrected chi connectivity index (χ2v) is 11.0. The summed E-state index contributed by atoms with van der Waals surface area (Å²) in [6, 6.07) is 12.1. The lowest BCUT2D eigenvalue weighted by Crippen LogP contribution is -2.52. The summed E-state index contributed by atoms with van der Waals surface area (Å²) in [4.78, 5) is 40.9. The molecule has 14 heteroatoms. The summed E-state index contributed by atoms with van der Waals surface area (Å²) in [7, 11) is 2.79. The first kappa shape index (κ1) is 33.4. The van der Waals surface area contributed by atoms with Crippen molar-refractivity contribution in [1.82, 2.24) is 10.2 Å². The molecule has 248 valence electrons. The van der Waals surface area contributed by atoms with Gasteiger partial charge < -0.3 is 24.1 Å². The van der Waals surface area contributed by atoms with Gasteiger partial charge in [-0.3, -0.25) is 14.4 Å². The molecule has 4 aromatic rings. The number of hydrogen-bond donors (Lipinski definition) is 1. The first-order valence-electron chi connectivity index (χ1n) is 14.3. The number of piperidine rings is 1. The minimum Gasteiger partial charge on any atom is -0.493 e. The summed E-state index contributed by atoms with van der Waals surface area (Å²) in [5.74, 6) is -1.47. The number of benzene rings is 3. The van der Waals surface area contributed by atoms with Crippen molar-refractivity contribution in [1.29, 1.82) is 0 Å². The average molecular weight is 663 g/mol. The predicted octanol–water partition coefficient (Wildman–Crippen LogP) is 6.49. The molecule has 1 aliphatic heterocycles. The summed E-state index contributed by atoms with van der Waals surface area (Å²) in [5, 5.41) is 2.94. The zero-order valence-electron chi connectivity index (χ0n) is 25.0. The van der Waals surface area contributed by atoms with Gasteiger partial charge in [-0.25, -0.2) is 0 Å². The quantitative estimate of drug-likeness (QED) is 0.227. The molecule has 0 radical (unpaired) electrons. The van der Waals surface area contributed by atoms with Crippen molar-refractivity contribution in [2.45, 2.75) is 43.7 Å². The molecule has 2 atom stereocenters. The molecule has 2 unspecified atom stereocenters. The molecule has 1 fully saturated rings. The van der Waals surface area contributed by atoms with E-state index in [1.165, 1.54) is 31.3 Å². The highest BCUT2D eigenvalue weighted by Gasteiger charge is 2.39. The zero-order chi connectivity index (χ0) is 34.1. The SMILES string of the molecule is COc1cc2oc(C(=O)NC3CCN(C(=O)c4cc(C(F)(F)F)cc(C(F)(F)F)c4)C(Cc4ccccc4)C3)cc(=O)c2cc1OC. The third-order valence-corrected chi connectivity index (χ3v) is 7.92. The molecular formula is C33H28F6N2O6. The lowest BCUT2D eigenvalue weighted by atomic mass is 9.91. The van der Waals surface area contributed by atoms with E-state index in [2.05, 4.69) is 5.32 Å². The van der Waals surface area contributed by atoms with E-state index in [1.807, 2.05) is 0 Å². The standard InChI is InChI=1S/C33H28F6N2O6/c1-45-27-15-24-25(42)16-29(47-26(24)17-28(27)46-2)30(43)40-22-8-9-41(23(14-22)10-18-6-4-3-5-7-18)31(44)19-11-20(32(34,35)36)13-21(12-19)33(37,38)39/h3-7,11-13,15-17,22-23H,8-10,14H2,1-2H3,(H,40,43). The van der Waals surface area contributed by atoms with Crippen molar-refractivity contribution < 1.29 is 49.8 Å². The topological polar surface area (TPSA) is 98.1 Å². The molecule has 2 amide bonds. The highest BCUT2D eigenvalue weighted by molar-refractivity contribution is 5.95. The fourth-order valence-corrected chi connectivity index (χ4v) is 5.62. The Labute approximate surface area is 263 Å². The monoisotopic (exact) mass is 662 g/mol. The van der Waals surface area contributed by atoms with Crippen LogP contribution in [0, 0.1) is 0 Å². The van der Waals surface area contributed by atoms with Gasteiger partial charge in [0.2, 0.25) is 0 Å². The minimum absolute atomic E-state index is 0.0300. The first-order chi connectivity index (χ1) is 22.2.